The molecule has 0 aliphatic rings. The number of nitrogens with one attached hydrogen (secondary N) is 1. The Bertz CT molecular complexity index is 1010. The summed E-state index contributed by atoms with van der Waals surface area (Å²) in [4.78, 5) is 24.4. The van der Waals surface area contributed by atoms with Gasteiger partial charge in [0.1, 0.15) is 5.76 Å². The molecule has 29 heavy (non-hydrogen) atoms. The molecule has 0 saturated carbocycles. The van der Waals surface area contributed by atoms with Gasteiger partial charge in [-0.15, -0.1) is 0 Å². The molecule has 0 unspecified atom stereocenters. The minimum atomic E-state index is -0.423. The first-order valence-electron chi connectivity index (χ1n) is 9.12. The molecule has 2 aromatic carbocycles. The van der Waals surface area contributed by atoms with Crippen LogP contribution in [0.4, 0.5) is 5.69 Å². The number of halogens is 2. The third-order valence-electron chi connectivity index (χ3n) is 4.16. The zero-order valence-corrected chi connectivity index (χ0v) is 17.2. The molecule has 7 heteroatoms. The molecule has 0 atom stereocenters. The van der Waals surface area contributed by atoms with Gasteiger partial charge in [-0.25, -0.2) is 4.79 Å². The third-order valence-corrected chi connectivity index (χ3v) is 4.98. The summed E-state index contributed by atoms with van der Waals surface area (Å²) in [5, 5.41) is 3.48. The maximum atomic E-state index is 12.4. The summed E-state index contributed by atoms with van der Waals surface area (Å²) >= 11 is 12.2. The lowest BCUT2D eigenvalue weighted by molar-refractivity contribution is 0.0499. The van der Waals surface area contributed by atoms with Gasteiger partial charge in [0.05, 0.1) is 22.2 Å². The van der Waals surface area contributed by atoms with E-state index in [9.17, 15) is 9.59 Å². The van der Waals surface area contributed by atoms with E-state index in [0.717, 1.165) is 12.8 Å². The minimum absolute atomic E-state index is 0.124. The zero-order valence-electron chi connectivity index (χ0n) is 15.7. The molecule has 0 spiro atoms. The van der Waals surface area contributed by atoms with Gasteiger partial charge in [0.2, 0.25) is 0 Å². The molecule has 0 saturated heterocycles. The van der Waals surface area contributed by atoms with Crippen molar-refractivity contribution in [1.29, 1.82) is 0 Å². The summed E-state index contributed by atoms with van der Waals surface area (Å²) in [6.45, 7) is 2.42. The average Bonchev–Trinajstić information content (AvgIpc) is 3.21. The fraction of sp³-hybridized carbons (Fsp3) is 0.182. The smallest absolute Gasteiger partial charge is 0.338 e. The number of ether oxygens (including phenoxy) is 1. The van der Waals surface area contributed by atoms with Crippen LogP contribution in [0.25, 0.3) is 11.3 Å². The Labute approximate surface area is 178 Å². The highest BCUT2D eigenvalue weighted by molar-refractivity contribution is 6.43. The van der Waals surface area contributed by atoms with Crippen molar-refractivity contribution in [2.45, 2.75) is 19.8 Å². The Hall–Kier alpha value is -2.76. The van der Waals surface area contributed by atoms with Crippen LogP contribution in [0.2, 0.25) is 10.0 Å². The van der Waals surface area contributed by atoms with Crippen LogP contribution in [-0.2, 0) is 4.74 Å². The van der Waals surface area contributed by atoms with Crippen molar-refractivity contribution in [2.75, 3.05) is 11.9 Å². The van der Waals surface area contributed by atoms with E-state index in [0.29, 0.717) is 39.2 Å². The predicted octanol–water partition coefficient (Wildman–Crippen LogP) is 6.46. The Balaban J connectivity index is 1.66. The molecule has 150 valence electrons. The molecule has 5 nitrogen and oxygen atoms in total. The van der Waals surface area contributed by atoms with Crippen molar-refractivity contribution in [3.05, 3.63) is 76.0 Å². The number of benzene rings is 2. The van der Waals surface area contributed by atoms with Gasteiger partial charge in [-0.05, 0) is 55.0 Å². The number of furan rings is 1. The van der Waals surface area contributed by atoms with Crippen LogP contribution < -0.4 is 5.32 Å². The van der Waals surface area contributed by atoms with Crippen LogP contribution in [0.15, 0.2) is 59.0 Å². The van der Waals surface area contributed by atoms with Gasteiger partial charge < -0.3 is 14.5 Å². The van der Waals surface area contributed by atoms with Crippen molar-refractivity contribution in [2.24, 2.45) is 0 Å². The zero-order chi connectivity index (χ0) is 20.8. The van der Waals surface area contributed by atoms with Crippen molar-refractivity contribution < 1.29 is 18.7 Å². The Morgan fingerprint density at radius 1 is 1.03 bits per heavy atom. The Morgan fingerprint density at radius 3 is 2.52 bits per heavy atom. The lowest BCUT2D eigenvalue weighted by Crippen LogP contribution is -2.11. The normalized spacial score (nSPS) is 10.6. The number of hydrogen-bond donors (Lipinski definition) is 1. The molecular weight excluding hydrogens is 413 g/mol. The van der Waals surface area contributed by atoms with Gasteiger partial charge in [-0.2, -0.15) is 0 Å². The second-order valence-electron chi connectivity index (χ2n) is 6.29. The van der Waals surface area contributed by atoms with E-state index in [2.05, 4.69) is 5.32 Å². The van der Waals surface area contributed by atoms with Crippen LogP contribution in [0, 0.1) is 0 Å². The van der Waals surface area contributed by atoms with E-state index >= 15 is 0 Å². The van der Waals surface area contributed by atoms with E-state index in [-0.39, 0.29) is 11.7 Å². The van der Waals surface area contributed by atoms with Crippen LogP contribution >= 0.6 is 23.2 Å². The monoisotopic (exact) mass is 431 g/mol. The van der Waals surface area contributed by atoms with Crippen LogP contribution in [0.5, 0.6) is 0 Å². The van der Waals surface area contributed by atoms with E-state index < -0.39 is 5.91 Å². The molecule has 1 N–H and O–H groups in total. The van der Waals surface area contributed by atoms with E-state index in [1.165, 1.54) is 0 Å². The van der Waals surface area contributed by atoms with E-state index in [1.54, 1.807) is 54.6 Å². The number of unbranched alkanes of at least 4 members (excludes halogenated alkanes) is 1. The maximum Gasteiger partial charge on any atom is 0.338 e. The van der Waals surface area contributed by atoms with Gasteiger partial charge in [0.15, 0.2) is 5.76 Å². The predicted molar refractivity (Wildman–Crippen MR) is 114 cm³/mol. The Morgan fingerprint density at radius 2 is 1.79 bits per heavy atom. The topological polar surface area (TPSA) is 68.5 Å². The molecule has 0 radical (unpaired) electrons. The summed E-state index contributed by atoms with van der Waals surface area (Å²) in [5.74, 6) is -0.245. The molecule has 1 heterocycles. The molecular formula is C22H19Cl2NO4. The molecule has 1 aromatic heterocycles. The lowest BCUT2D eigenvalue weighted by atomic mass is 10.2. The summed E-state index contributed by atoms with van der Waals surface area (Å²) in [5.41, 5.74) is 1.55. The number of amides is 1. The first-order valence-corrected chi connectivity index (χ1v) is 9.88. The van der Waals surface area contributed by atoms with Gasteiger partial charge >= 0.3 is 5.97 Å². The number of carbonyl (C=O) groups excluding carboxylic acids is 2. The largest absolute Gasteiger partial charge is 0.462 e. The highest BCUT2D eigenvalue weighted by atomic mass is 35.5. The number of esters is 1. The molecule has 1 amide bonds. The highest BCUT2D eigenvalue weighted by Crippen LogP contribution is 2.34. The fourth-order valence-corrected chi connectivity index (χ4v) is 2.97. The van der Waals surface area contributed by atoms with Gasteiger partial charge in [0.25, 0.3) is 5.91 Å². The fourth-order valence-electron chi connectivity index (χ4n) is 2.57. The van der Waals surface area contributed by atoms with Crippen LogP contribution in [-0.4, -0.2) is 18.5 Å². The van der Waals surface area contributed by atoms with Crippen molar-refractivity contribution >= 4 is 40.8 Å². The second kappa shape index (κ2) is 9.63. The first kappa shape index (κ1) is 21.0. The summed E-state index contributed by atoms with van der Waals surface area (Å²) in [6.07, 6.45) is 1.78. The molecule has 0 aliphatic heterocycles. The number of anilines is 1. The summed E-state index contributed by atoms with van der Waals surface area (Å²) in [6, 6.07) is 14.9. The van der Waals surface area contributed by atoms with Gasteiger partial charge in [-0.3, -0.25) is 4.79 Å². The number of rotatable bonds is 7. The number of carbonyl (C=O) groups is 2. The lowest BCUT2D eigenvalue weighted by Gasteiger charge is -2.06. The molecule has 0 fully saturated rings. The van der Waals surface area contributed by atoms with Crippen LogP contribution in [0.1, 0.15) is 40.7 Å². The van der Waals surface area contributed by atoms with Gasteiger partial charge in [-0.1, -0.05) is 42.6 Å². The van der Waals surface area contributed by atoms with E-state index in [4.69, 9.17) is 32.4 Å². The maximum absolute atomic E-state index is 12.4. The number of hydrogen-bond acceptors (Lipinski definition) is 4. The van der Waals surface area contributed by atoms with Gasteiger partial charge in [0, 0.05) is 11.3 Å². The summed E-state index contributed by atoms with van der Waals surface area (Å²) in [7, 11) is 0. The van der Waals surface area contributed by atoms with E-state index in [1.807, 2.05) is 6.92 Å². The Kier molecular flexibility index (Phi) is 6.96. The molecule has 3 aromatic rings. The first-order chi connectivity index (χ1) is 14.0. The third kappa shape index (κ3) is 5.19. The second-order valence-corrected chi connectivity index (χ2v) is 7.07. The standard InChI is InChI=1S/C22H19Cl2NO4/c1-2-3-13-28-22(27)14-7-9-15(10-8-14)25-21(26)19-12-11-18(29-19)16-5-4-6-17(23)20(16)24/h4-12H,2-3,13H2,1H3,(H,25,26). The highest BCUT2D eigenvalue weighted by Gasteiger charge is 2.15. The molecule has 0 aliphatic carbocycles. The van der Waals surface area contributed by atoms with Crippen molar-refractivity contribution in [3.8, 4) is 11.3 Å². The average molecular weight is 432 g/mol. The van der Waals surface area contributed by atoms with Crippen molar-refractivity contribution in [1.82, 2.24) is 0 Å². The molecule has 0 bridgehead atoms. The van der Waals surface area contributed by atoms with Crippen molar-refractivity contribution in [3.63, 3.8) is 0 Å². The molecule has 3 rings (SSSR count). The quantitative estimate of drug-likeness (QED) is 0.344. The SMILES string of the molecule is CCCCOC(=O)c1ccc(NC(=O)c2ccc(-c3cccc(Cl)c3Cl)o2)cc1. The van der Waals surface area contributed by atoms with Crippen LogP contribution in [0.3, 0.4) is 0 Å². The summed E-state index contributed by atoms with van der Waals surface area (Å²) < 4.78 is 10.8. The minimum Gasteiger partial charge on any atom is -0.462 e.